The lowest BCUT2D eigenvalue weighted by molar-refractivity contribution is 0.0773. The molecule has 4 rings (SSSR count). The number of carbonyl (C=O) groups excluding carboxylic acids is 1. The Morgan fingerprint density at radius 2 is 1.76 bits per heavy atom. The molecule has 4 nitrogen and oxygen atoms in total. The van der Waals surface area contributed by atoms with Crippen LogP contribution in [0.15, 0.2) is 54.6 Å². The summed E-state index contributed by atoms with van der Waals surface area (Å²) in [7, 11) is 0. The molecule has 0 aliphatic carbocycles. The minimum atomic E-state index is 0.0893. The molecule has 1 amide bonds. The van der Waals surface area contributed by atoms with Crippen molar-refractivity contribution in [1.82, 2.24) is 10.2 Å². The molecule has 152 valence electrons. The second-order valence-electron chi connectivity index (χ2n) is 7.85. The first-order chi connectivity index (χ1) is 14.2. The second kappa shape index (κ2) is 8.83. The van der Waals surface area contributed by atoms with Crippen LogP contribution in [0.1, 0.15) is 54.6 Å². The Bertz CT molecular complexity index is 884. The summed E-state index contributed by atoms with van der Waals surface area (Å²) in [6.07, 6.45) is 5.68. The van der Waals surface area contributed by atoms with Crippen molar-refractivity contribution in [2.45, 2.75) is 45.2 Å². The zero-order valence-corrected chi connectivity index (χ0v) is 17.4. The smallest absolute Gasteiger partial charge is 0.253 e. The monoisotopic (exact) mass is 390 g/mol. The van der Waals surface area contributed by atoms with Crippen molar-refractivity contribution in [2.24, 2.45) is 0 Å². The van der Waals surface area contributed by atoms with Crippen molar-refractivity contribution in [1.29, 1.82) is 0 Å². The Morgan fingerprint density at radius 3 is 2.52 bits per heavy atom. The quantitative estimate of drug-likeness (QED) is 0.836. The van der Waals surface area contributed by atoms with Crippen LogP contribution in [0.4, 0.5) is 0 Å². The predicted molar refractivity (Wildman–Crippen MR) is 117 cm³/mol. The highest BCUT2D eigenvalue weighted by Crippen LogP contribution is 2.34. The van der Waals surface area contributed by atoms with Crippen LogP contribution < -0.4 is 10.1 Å². The Morgan fingerprint density at radius 1 is 1.03 bits per heavy atom. The van der Waals surface area contributed by atoms with E-state index >= 15 is 0 Å². The molecule has 2 unspecified atom stereocenters. The van der Waals surface area contributed by atoms with Gasteiger partial charge in [-0.25, -0.2) is 0 Å². The molecule has 2 aliphatic rings. The highest BCUT2D eigenvalue weighted by molar-refractivity contribution is 5.95. The van der Waals surface area contributed by atoms with Crippen molar-refractivity contribution in [2.75, 3.05) is 19.7 Å². The van der Waals surface area contributed by atoms with Crippen LogP contribution in [-0.2, 0) is 0 Å². The fourth-order valence-corrected chi connectivity index (χ4v) is 4.35. The summed E-state index contributed by atoms with van der Waals surface area (Å²) in [5.74, 6) is 1.01. The molecule has 1 fully saturated rings. The van der Waals surface area contributed by atoms with E-state index in [2.05, 4.69) is 41.7 Å². The molecule has 29 heavy (non-hydrogen) atoms. The van der Waals surface area contributed by atoms with Gasteiger partial charge in [-0.1, -0.05) is 36.4 Å². The molecule has 0 radical (unpaired) electrons. The number of ether oxygens (including phenoxy) is 1. The highest BCUT2D eigenvalue weighted by atomic mass is 16.5. The Hall–Kier alpha value is -2.59. The Labute approximate surface area is 173 Å². The Kier molecular flexibility index (Phi) is 6.00. The third-order valence-electron chi connectivity index (χ3n) is 6.05. The zero-order chi connectivity index (χ0) is 20.2. The maximum Gasteiger partial charge on any atom is 0.253 e. The summed E-state index contributed by atoms with van der Waals surface area (Å²) in [5, 5.41) is 3.69. The highest BCUT2D eigenvalue weighted by Gasteiger charge is 2.25. The SMILES string of the molecule is CCN(CC)C(=O)c1ccc(/C2=C/CC3CCC(COc4ccccc42)N3)cc1. The fraction of sp³-hybridized carbons (Fsp3) is 0.400. The molecule has 2 bridgehead atoms. The van der Waals surface area contributed by atoms with E-state index in [1.165, 1.54) is 12.0 Å². The van der Waals surface area contributed by atoms with Gasteiger partial charge in [0, 0.05) is 36.3 Å². The number of nitrogens with zero attached hydrogens (tertiary/aromatic N) is 1. The molecule has 1 saturated heterocycles. The van der Waals surface area contributed by atoms with E-state index in [0.29, 0.717) is 18.7 Å². The number of amides is 1. The normalized spacial score (nSPS) is 22.8. The first-order valence-corrected chi connectivity index (χ1v) is 10.8. The van der Waals surface area contributed by atoms with Crippen molar-refractivity contribution in [3.63, 3.8) is 0 Å². The molecule has 0 saturated carbocycles. The minimum Gasteiger partial charge on any atom is -0.491 e. The van der Waals surface area contributed by atoms with E-state index in [-0.39, 0.29) is 5.91 Å². The van der Waals surface area contributed by atoms with Crippen LogP contribution in [0.2, 0.25) is 0 Å². The summed E-state index contributed by atoms with van der Waals surface area (Å²) in [5.41, 5.74) is 4.15. The van der Waals surface area contributed by atoms with E-state index in [9.17, 15) is 4.79 Å². The molecular weight excluding hydrogens is 360 g/mol. The number of carbonyl (C=O) groups is 1. The molecule has 2 aromatic carbocycles. The number of rotatable bonds is 4. The van der Waals surface area contributed by atoms with Crippen molar-refractivity contribution >= 4 is 11.5 Å². The third kappa shape index (κ3) is 4.23. The number of hydrogen-bond acceptors (Lipinski definition) is 3. The first-order valence-electron chi connectivity index (χ1n) is 10.8. The number of benzene rings is 2. The van der Waals surface area contributed by atoms with Crippen molar-refractivity contribution in [3.05, 3.63) is 71.3 Å². The average molecular weight is 391 g/mol. The lowest BCUT2D eigenvalue weighted by Crippen LogP contribution is -2.34. The summed E-state index contributed by atoms with van der Waals surface area (Å²) >= 11 is 0. The van der Waals surface area contributed by atoms with Gasteiger partial charge in [0.2, 0.25) is 0 Å². The second-order valence-corrected chi connectivity index (χ2v) is 7.85. The molecule has 0 spiro atoms. The molecule has 0 aromatic heterocycles. The predicted octanol–water partition coefficient (Wildman–Crippen LogP) is 4.50. The lowest BCUT2D eigenvalue weighted by atomic mass is 9.94. The molecule has 2 aliphatic heterocycles. The molecule has 2 heterocycles. The van der Waals surface area contributed by atoms with Gasteiger partial charge >= 0.3 is 0 Å². The summed E-state index contributed by atoms with van der Waals surface area (Å²) in [4.78, 5) is 14.5. The summed E-state index contributed by atoms with van der Waals surface area (Å²) in [6, 6.07) is 17.2. The first kappa shape index (κ1) is 19.7. The maximum absolute atomic E-state index is 12.6. The molecule has 2 atom stereocenters. The van der Waals surface area contributed by atoms with Crippen LogP contribution in [0.3, 0.4) is 0 Å². The van der Waals surface area contributed by atoms with E-state index in [0.717, 1.165) is 48.4 Å². The third-order valence-corrected chi connectivity index (χ3v) is 6.05. The van der Waals surface area contributed by atoms with Gasteiger partial charge in [-0.15, -0.1) is 0 Å². The number of nitrogens with one attached hydrogen (secondary N) is 1. The topological polar surface area (TPSA) is 41.6 Å². The Balaban J connectivity index is 1.68. The van der Waals surface area contributed by atoms with Crippen LogP contribution in [0, 0.1) is 0 Å². The molecular formula is C25H30N2O2. The zero-order valence-electron chi connectivity index (χ0n) is 17.4. The number of para-hydroxylation sites is 1. The molecule has 4 heteroatoms. The number of fused-ring (bicyclic) bond motifs is 3. The van der Waals surface area contributed by atoms with Crippen LogP contribution in [-0.4, -0.2) is 42.6 Å². The summed E-state index contributed by atoms with van der Waals surface area (Å²) < 4.78 is 6.20. The largest absolute Gasteiger partial charge is 0.491 e. The van der Waals surface area contributed by atoms with E-state index < -0.39 is 0 Å². The fourth-order valence-electron chi connectivity index (χ4n) is 4.35. The van der Waals surface area contributed by atoms with Crippen LogP contribution in [0.25, 0.3) is 5.57 Å². The van der Waals surface area contributed by atoms with Gasteiger partial charge in [-0.2, -0.15) is 0 Å². The van der Waals surface area contributed by atoms with E-state index in [4.69, 9.17) is 4.74 Å². The number of hydrogen-bond donors (Lipinski definition) is 1. The summed E-state index contributed by atoms with van der Waals surface area (Å²) in [6.45, 7) is 6.18. The van der Waals surface area contributed by atoms with Crippen LogP contribution >= 0.6 is 0 Å². The van der Waals surface area contributed by atoms with E-state index in [1.807, 2.05) is 36.9 Å². The average Bonchev–Trinajstić information content (AvgIpc) is 3.21. The maximum atomic E-state index is 12.6. The van der Waals surface area contributed by atoms with E-state index in [1.54, 1.807) is 0 Å². The lowest BCUT2D eigenvalue weighted by Gasteiger charge is -2.21. The minimum absolute atomic E-state index is 0.0893. The standard InChI is InChI=1S/C25H30N2O2/c1-3-27(4-2)25(28)19-11-9-18(10-12-19)22-16-15-20-13-14-21(26-20)17-29-24-8-6-5-7-23(22)24/h5-12,16,20-21,26H,3-4,13-15,17H2,1-2H3/b22-16-. The van der Waals surface area contributed by atoms with Crippen molar-refractivity contribution < 1.29 is 9.53 Å². The van der Waals surface area contributed by atoms with Gasteiger partial charge in [0.15, 0.2) is 0 Å². The van der Waals surface area contributed by atoms with Crippen molar-refractivity contribution in [3.8, 4) is 5.75 Å². The van der Waals surface area contributed by atoms with Gasteiger partial charge in [0.25, 0.3) is 5.91 Å². The molecule has 2 aromatic rings. The van der Waals surface area contributed by atoms with Gasteiger partial charge in [0.05, 0.1) is 0 Å². The molecule has 1 N–H and O–H groups in total. The van der Waals surface area contributed by atoms with Crippen LogP contribution in [0.5, 0.6) is 5.75 Å². The van der Waals surface area contributed by atoms with Gasteiger partial charge in [0.1, 0.15) is 12.4 Å². The van der Waals surface area contributed by atoms with Gasteiger partial charge in [-0.3, -0.25) is 4.79 Å². The van der Waals surface area contributed by atoms with Gasteiger partial charge in [-0.05, 0) is 62.4 Å². The van der Waals surface area contributed by atoms with Gasteiger partial charge < -0.3 is 15.0 Å².